The highest BCUT2D eigenvalue weighted by Gasteiger charge is 2.28. The molecule has 0 saturated heterocycles. The van der Waals surface area contributed by atoms with Crippen molar-refractivity contribution in [2.75, 3.05) is 10.2 Å². The van der Waals surface area contributed by atoms with Gasteiger partial charge in [-0.25, -0.2) is 4.79 Å². The number of carboxylic acid groups (broad SMARTS) is 1. The van der Waals surface area contributed by atoms with Gasteiger partial charge in [-0.15, -0.1) is 0 Å². The second-order valence-corrected chi connectivity index (χ2v) is 8.52. The number of furan rings is 1. The van der Waals surface area contributed by atoms with E-state index in [0.717, 1.165) is 4.47 Å². The van der Waals surface area contributed by atoms with Crippen molar-refractivity contribution in [3.8, 4) is 0 Å². The number of hydrogen-bond donors (Lipinski definition) is 3. The third-order valence-corrected chi connectivity index (χ3v) is 4.86. The molecule has 9 heteroatoms. The lowest BCUT2D eigenvalue weighted by Crippen LogP contribution is -2.45. The summed E-state index contributed by atoms with van der Waals surface area (Å²) in [5.74, 6) is -1.46. The molecule has 30 heavy (non-hydrogen) atoms. The average Bonchev–Trinajstić information content (AvgIpc) is 2.99. The summed E-state index contributed by atoms with van der Waals surface area (Å²) in [5, 5.41) is 12.7. The van der Waals surface area contributed by atoms with E-state index in [1.54, 1.807) is 51.1 Å². The predicted octanol–water partition coefficient (Wildman–Crippen LogP) is 4.83. The molecule has 0 atom stereocenters. The van der Waals surface area contributed by atoms with Gasteiger partial charge >= 0.3 is 6.09 Å². The number of nitrogens with two attached hydrogens (primary N) is 1. The van der Waals surface area contributed by atoms with Crippen LogP contribution in [0.25, 0.3) is 11.0 Å². The van der Waals surface area contributed by atoms with Crippen LogP contribution in [0.15, 0.2) is 51.4 Å². The van der Waals surface area contributed by atoms with Gasteiger partial charge in [0.25, 0.3) is 11.8 Å². The molecule has 0 fully saturated rings. The molecule has 0 radical (unpaired) electrons. The summed E-state index contributed by atoms with van der Waals surface area (Å²) in [6.45, 7) is 5.32. The molecule has 4 N–H and O–H groups in total. The molecule has 2 aromatic carbocycles. The van der Waals surface area contributed by atoms with Crippen molar-refractivity contribution in [1.82, 2.24) is 0 Å². The highest BCUT2D eigenvalue weighted by molar-refractivity contribution is 9.10. The monoisotopic (exact) mass is 473 g/mol. The smallest absolute Gasteiger partial charge is 0.412 e. The quantitative estimate of drug-likeness (QED) is 0.500. The van der Waals surface area contributed by atoms with Gasteiger partial charge in [0.2, 0.25) is 5.76 Å². The fraction of sp³-hybridized carbons (Fsp3) is 0.190. The van der Waals surface area contributed by atoms with Crippen LogP contribution in [0.4, 0.5) is 16.2 Å². The van der Waals surface area contributed by atoms with E-state index < -0.39 is 23.4 Å². The van der Waals surface area contributed by atoms with Crippen molar-refractivity contribution in [1.29, 1.82) is 0 Å². The number of carbonyl (C=O) groups is 3. The number of carbonyl (C=O) groups excluding carboxylic acids is 2. The van der Waals surface area contributed by atoms with Gasteiger partial charge in [-0.2, -0.15) is 0 Å². The number of halogens is 1. The number of primary amides is 1. The highest BCUT2D eigenvalue weighted by Crippen LogP contribution is 2.33. The maximum atomic E-state index is 12.8. The normalized spacial score (nSPS) is 11.3. The van der Waals surface area contributed by atoms with E-state index >= 15 is 0 Å². The number of rotatable bonds is 4. The Bertz CT molecular complexity index is 1150. The zero-order valence-electron chi connectivity index (χ0n) is 16.5. The van der Waals surface area contributed by atoms with Crippen molar-refractivity contribution in [2.24, 2.45) is 5.73 Å². The molecule has 0 saturated carbocycles. The fourth-order valence-corrected chi connectivity index (χ4v) is 3.46. The Morgan fingerprint density at radius 2 is 1.73 bits per heavy atom. The van der Waals surface area contributed by atoms with Crippen LogP contribution in [0.3, 0.4) is 0 Å². The first kappa shape index (κ1) is 21.4. The Balaban J connectivity index is 1.94. The van der Waals surface area contributed by atoms with Gasteiger partial charge in [0, 0.05) is 26.6 Å². The van der Waals surface area contributed by atoms with E-state index in [9.17, 15) is 19.5 Å². The van der Waals surface area contributed by atoms with Gasteiger partial charge in [0.15, 0.2) is 0 Å². The lowest BCUT2D eigenvalue weighted by molar-refractivity contribution is 0.0977. The molecule has 0 bridgehead atoms. The number of anilines is 2. The molecule has 1 heterocycles. The highest BCUT2D eigenvalue weighted by atomic mass is 79.9. The Morgan fingerprint density at radius 3 is 2.27 bits per heavy atom. The molecule has 3 rings (SSSR count). The number of benzene rings is 2. The van der Waals surface area contributed by atoms with Gasteiger partial charge in [-0.05, 0) is 63.2 Å². The predicted molar refractivity (Wildman–Crippen MR) is 117 cm³/mol. The van der Waals surface area contributed by atoms with E-state index in [0.29, 0.717) is 16.7 Å². The fourth-order valence-electron chi connectivity index (χ4n) is 3.10. The van der Waals surface area contributed by atoms with Crippen LogP contribution < -0.4 is 16.0 Å². The maximum Gasteiger partial charge on any atom is 0.412 e. The van der Waals surface area contributed by atoms with Crippen LogP contribution in [-0.2, 0) is 0 Å². The van der Waals surface area contributed by atoms with Gasteiger partial charge in [-0.3, -0.25) is 14.5 Å². The minimum atomic E-state index is -1.10. The largest absolute Gasteiger partial charge is 0.465 e. The molecular formula is C21H20BrN3O5. The van der Waals surface area contributed by atoms with Crippen molar-refractivity contribution in [3.05, 3.63) is 58.3 Å². The topological polar surface area (TPSA) is 126 Å². The van der Waals surface area contributed by atoms with Crippen molar-refractivity contribution in [3.63, 3.8) is 0 Å². The van der Waals surface area contributed by atoms with Gasteiger partial charge < -0.3 is 20.6 Å². The Morgan fingerprint density at radius 1 is 1.10 bits per heavy atom. The van der Waals surface area contributed by atoms with Crippen LogP contribution in [0.5, 0.6) is 0 Å². The number of hydrogen-bond acceptors (Lipinski definition) is 4. The van der Waals surface area contributed by atoms with E-state index in [2.05, 4.69) is 21.2 Å². The molecule has 0 aliphatic carbocycles. The van der Waals surface area contributed by atoms with E-state index in [1.165, 1.54) is 17.0 Å². The third kappa shape index (κ3) is 4.16. The summed E-state index contributed by atoms with van der Waals surface area (Å²) < 4.78 is 6.22. The lowest BCUT2D eigenvalue weighted by Gasteiger charge is -2.33. The minimum Gasteiger partial charge on any atom is -0.465 e. The summed E-state index contributed by atoms with van der Waals surface area (Å²) in [4.78, 5) is 37.4. The van der Waals surface area contributed by atoms with Crippen molar-refractivity contribution >= 4 is 56.2 Å². The Hall–Kier alpha value is -3.33. The van der Waals surface area contributed by atoms with Crippen LogP contribution in [0.1, 0.15) is 41.7 Å². The second-order valence-electron chi connectivity index (χ2n) is 7.60. The first-order chi connectivity index (χ1) is 14.0. The summed E-state index contributed by atoms with van der Waals surface area (Å²) in [5.41, 5.74) is 6.03. The second kappa shape index (κ2) is 7.83. The Labute approximate surface area is 180 Å². The first-order valence-electron chi connectivity index (χ1n) is 8.95. The maximum absolute atomic E-state index is 12.8. The van der Waals surface area contributed by atoms with E-state index in [4.69, 9.17) is 10.2 Å². The standard InChI is InChI=1S/C21H20BrN3O5/c1-21(2,3)25(20(28)29)13-7-4-11(5-8-13)19(27)24-16-14-10-12(22)6-9-15(14)30-17(16)18(23)26/h4-10H,1-3H3,(H2,23,26)(H,24,27)(H,28,29). The Kier molecular flexibility index (Phi) is 5.58. The zero-order valence-corrected chi connectivity index (χ0v) is 18.1. The molecule has 0 aliphatic heterocycles. The third-order valence-electron chi connectivity index (χ3n) is 4.36. The summed E-state index contributed by atoms with van der Waals surface area (Å²) in [6.07, 6.45) is -1.10. The number of nitrogens with one attached hydrogen (secondary N) is 1. The van der Waals surface area contributed by atoms with Crippen molar-refractivity contribution < 1.29 is 23.9 Å². The van der Waals surface area contributed by atoms with Gasteiger partial charge in [0.1, 0.15) is 11.3 Å². The number of nitrogens with zero attached hydrogens (tertiary/aromatic N) is 1. The van der Waals surface area contributed by atoms with E-state index in [1.807, 2.05) is 0 Å². The molecule has 0 spiro atoms. The summed E-state index contributed by atoms with van der Waals surface area (Å²) in [6, 6.07) is 11.2. The molecule has 8 nitrogen and oxygen atoms in total. The minimum absolute atomic E-state index is 0.155. The molecule has 3 aromatic rings. The van der Waals surface area contributed by atoms with Crippen LogP contribution in [0.2, 0.25) is 0 Å². The number of fused-ring (bicyclic) bond motifs is 1. The number of amides is 3. The molecule has 0 unspecified atom stereocenters. The zero-order chi connectivity index (χ0) is 22.2. The SMILES string of the molecule is CC(C)(C)N(C(=O)O)c1ccc(C(=O)Nc2c(C(N)=O)oc3ccc(Br)cc23)cc1. The molecule has 3 amide bonds. The van der Waals surface area contributed by atoms with Gasteiger partial charge in [0.05, 0.1) is 0 Å². The molecule has 1 aromatic heterocycles. The molecular weight excluding hydrogens is 454 g/mol. The molecule has 0 aliphatic rings. The van der Waals surface area contributed by atoms with Crippen molar-refractivity contribution in [2.45, 2.75) is 26.3 Å². The lowest BCUT2D eigenvalue weighted by atomic mass is 10.0. The van der Waals surface area contributed by atoms with E-state index in [-0.39, 0.29) is 17.0 Å². The van der Waals surface area contributed by atoms with Crippen LogP contribution in [0, 0.1) is 0 Å². The summed E-state index contributed by atoms with van der Waals surface area (Å²) >= 11 is 3.35. The van der Waals surface area contributed by atoms with Crippen LogP contribution >= 0.6 is 15.9 Å². The average molecular weight is 474 g/mol. The van der Waals surface area contributed by atoms with Crippen LogP contribution in [-0.4, -0.2) is 28.6 Å². The molecule has 156 valence electrons. The first-order valence-corrected chi connectivity index (χ1v) is 9.75. The summed E-state index contributed by atoms with van der Waals surface area (Å²) in [7, 11) is 0. The van der Waals surface area contributed by atoms with Gasteiger partial charge in [-0.1, -0.05) is 15.9 Å².